The molecule has 4 heteroatoms. The van der Waals surface area contributed by atoms with Gasteiger partial charge in [0.15, 0.2) is 11.2 Å². The molecule has 20 heavy (non-hydrogen) atoms. The standard InChI is InChI=1S/C16H16N2OS/c1-16(2,3)13-10-20-15-17-14(12(9-19)18(13)15)11-7-5-4-6-8-11/h4-10H,1-3H3. The molecule has 0 spiro atoms. The molecule has 2 heterocycles. The molecule has 3 rings (SSSR count). The third-order valence-corrected chi connectivity index (χ3v) is 4.15. The number of carbonyl (C=O) groups is 1. The Balaban J connectivity index is 2.32. The van der Waals surface area contributed by atoms with Gasteiger partial charge in [0, 0.05) is 22.1 Å². The van der Waals surface area contributed by atoms with E-state index in [4.69, 9.17) is 0 Å². The van der Waals surface area contributed by atoms with Crippen LogP contribution in [-0.2, 0) is 5.41 Å². The fourth-order valence-corrected chi connectivity index (χ4v) is 3.44. The van der Waals surface area contributed by atoms with Gasteiger partial charge >= 0.3 is 0 Å². The monoisotopic (exact) mass is 284 g/mol. The van der Waals surface area contributed by atoms with E-state index >= 15 is 0 Å². The lowest BCUT2D eigenvalue weighted by atomic mass is 9.93. The Hall–Kier alpha value is -1.94. The van der Waals surface area contributed by atoms with Gasteiger partial charge in [-0.05, 0) is 0 Å². The van der Waals surface area contributed by atoms with Gasteiger partial charge in [-0.3, -0.25) is 9.20 Å². The summed E-state index contributed by atoms with van der Waals surface area (Å²) in [5, 5.41) is 2.09. The van der Waals surface area contributed by atoms with Crippen LogP contribution in [0.25, 0.3) is 16.2 Å². The van der Waals surface area contributed by atoms with Crippen molar-refractivity contribution in [1.29, 1.82) is 0 Å². The van der Waals surface area contributed by atoms with Crippen molar-refractivity contribution in [3.05, 3.63) is 47.1 Å². The molecule has 0 fully saturated rings. The maximum Gasteiger partial charge on any atom is 0.195 e. The van der Waals surface area contributed by atoms with Crippen molar-refractivity contribution in [1.82, 2.24) is 9.38 Å². The SMILES string of the molecule is CC(C)(C)c1csc2nc(-c3ccccc3)c(C=O)n12. The molecule has 0 atom stereocenters. The lowest BCUT2D eigenvalue weighted by Gasteiger charge is -2.17. The van der Waals surface area contributed by atoms with Gasteiger partial charge in [-0.1, -0.05) is 51.1 Å². The topological polar surface area (TPSA) is 34.4 Å². The second-order valence-electron chi connectivity index (χ2n) is 5.82. The first-order chi connectivity index (χ1) is 9.52. The average molecular weight is 284 g/mol. The number of fused-ring (bicyclic) bond motifs is 1. The van der Waals surface area contributed by atoms with E-state index < -0.39 is 0 Å². The number of benzene rings is 1. The smallest absolute Gasteiger partial charge is 0.195 e. The van der Waals surface area contributed by atoms with Gasteiger partial charge in [0.1, 0.15) is 11.4 Å². The van der Waals surface area contributed by atoms with Crippen molar-refractivity contribution in [2.75, 3.05) is 0 Å². The second kappa shape index (κ2) is 4.56. The van der Waals surface area contributed by atoms with Gasteiger partial charge in [0.05, 0.1) is 0 Å². The van der Waals surface area contributed by atoms with Gasteiger partial charge < -0.3 is 0 Å². The molecular formula is C16H16N2OS. The van der Waals surface area contributed by atoms with E-state index in [2.05, 4.69) is 31.1 Å². The van der Waals surface area contributed by atoms with Crippen LogP contribution in [0.5, 0.6) is 0 Å². The van der Waals surface area contributed by atoms with Gasteiger partial charge in [-0.25, -0.2) is 4.98 Å². The van der Waals surface area contributed by atoms with Gasteiger partial charge in [-0.2, -0.15) is 0 Å². The number of carbonyl (C=O) groups excluding carboxylic acids is 1. The molecule has 3 nitrogen and oxygen atoms in total. The van der Waals surface area contributed by atoms with E-state index in [0.29, 0.717) is 5.69 Å². The fraction of sp³-hybridized carbons (Fsp3) is 0.250. The quantitative estimate of drug-likeness (QED) is 0.662. The Bertz CT molecular complexity index is 763. The Morgan fingerprint density at radius 3 is 2.50 bits per heavy atom. The zero-order valence-corrected chi connectivity index (χ0v) is 12.6. The highest BCUT2D eigenvalue weighted by Gasteiger charge is 2.23. The predicted molar refractivity (Wildman–Crippen MR) is 82.6 cm³/mol. The van der Waals surface area contributed by atoms with E-state index in [1.54, 1.807) is 11.3 Å². The van der Waals surface area contributed by atoms with Gasteiger partial charge in [0.25, 0.3) is 0 Å². The lowest BCUT2D eigenvalue weighted by molar-refractivity contribution is 0.111. The summed E-state index contributed by atoms with van der Waals surface area (Å²) in [4.78, 5) is 17.1. The molecule has 0 aliphatic heterocycles. The minimum Gasteiger partial charge on any atom is -0.296 e. The van der Waals surface area contributed by atoms with Crippen LogP contribution < -0.4 is 0 Å². The molecular weight excluding hydrogens is 268 g/mol. The normalized spacial score (nSPS) is 11.9. The van der Waals surface area contributed by atoms with Crippen LogP contribution in [-0.4, -0.2) is 15.7 Å². The Labute approximate surface area is 121 Å². The van der Waals surface area contributed by atoms with Crippen molar-refractivity contribution in [3.8, 4) is 11.3 Å². The van der Waals surface area contributed by atoms with E-state index in [9.17, 15) is 4.79 Å². The summed E-state index contributed by atoms with van der Waals surface area (Å²) in [6, 6.07) is 9.85. The number of hydrogen-bond donors (Lipinski definition) is 0. The maximum atomic E-state index is 11.6. The third-order valence-electron chi connectivity index (χ3n) is 3.33. The van der Waals surface area contributed by atoms with Gasteiger partial charge in [-0.15, -0.1) is 11.3 Å². The van der Waals surface area contributed by atoms with Crippen molar-refractivity contribution in [2.45, 2.75) is 26.2 Å². The summed E-state index contributed by atoms with van der Waals surface area (Å²) in [5.41, 5.74) is 3.47. The summed E-state index contributed by atoms with van der Waals surface area (Å²) < 4.78 is 1.99. The summed E-state index contributed by atoms with van der Waals surface area (Å²) in [5.74, 6) is 0. The molecule has 3 aromatic rings. The Morgan fingerprint density at radius 1 is 1.20 bits per heavy atom. The number of thiazole rings is 1. The van der Waals surface area contributed by atoms with E-state index in [0.717, 1.165) is 28.2 Å². The molecule has 0 amide bonds. The first-order valence-electron chi connectivity index (χ1n) is 6.53. The molecule has 0 saturated heterocycles. The van der Waals surface area contributed by atoms with Crippen molar-refractivity contribution in [2.24, 2.45) is 0 Å². The summed E-state index contributed by atoms with van der Waals surface area (Å²) >= 11 is 1.58. The highest BCUT2D eigenvalue weighted by molar-refractivity contribution is 7.15. The van der Waals surface area contributed by atoms with Crippen LogP contribution in [0, 0.1) is 0 Å². The summed E-state index contributed by atoms with van der Waals surface area (Å²) in [6.07, 6.45) is 0.907. The third kappa shape index (κ3) is 1.96. The number of hydrogen-bond acceptors (Lipinski definition) is 3. The molecule has 2 aromatic heterocycles. The number of aromatic nitrogens is 2. The van der Waals surface area contributed by atoms with Crippen LogP contribution in [0.2, 0.25) is 0 Å². The molecule has 0 radical (unpaired) electrons. The fourth-order valence-electron chi connectivity index (χ4n) is 2.31. The van der Waals surface area contributed by atoms with Crippen LogP contribution in [0.3, 0.4) is 0 Å². The minimum atomic E-state index is -0.0231. The highest BCUT2D eigenvalue weighted by atomic mass is 32.1. The number of imidazole rings is 1. The van der Waals surface area contributed by atoms with Crippen LogP contribution in [0.4, 0.5) is 0 Å². The minimum absolute atomic E-state index is 0.0231. The zero-order chi connectivity index (χ0) is 14.3. The van der Waals surface area contributed by atoms with Crippen LogP contribution >= 0.6 is 11.3 Å². The van der Waals surface area contributed by atoms with Gasteiger partial charge in [0.2, 0.25) is 0 Å². The van der Waals surface area contributed by atoms with E-state index in [1.807, 2.05) is 34.7 Å². The van der Waals surface area contributed by atoms with Crippen molar-refractivity contribution >= 4 is 22.6 Å². The van der Waals surface area contributed by atoms with Crippen LogP contribution in [0.1, 0.15) is 37.0 Å². The predicted octanol–water partition coefficient (Wildman–Crippen LogP) is 4.17. The second-order valence-corrected chi connectivity index (χ2v) is 6.66. The van der Waals surface area contributed by atoms with E-state index in [-0.39, 0.29) is 5.41 Å². The summed E-state index contributed by atoms with van der Waals surface area (Å²) in [7, 11) is 0. The number of aldehydes is 1. The number of nitrogens with zero attached hydrogens (tertiary/aromatic N) is 2. The molecule has 0 aliphatic carbocycles. The lowest BCUT2D eigenvalue weighted by Crippen LogP contribution is -2.15. The van der Waals surface area contributed by atoms with Crippen molar-refractivity contribution in [3.63, 3.8) is 0 Å². The molecule has 1 aromatic carbocycles. The molecule has 0 unspecified atom stereocenters. The maximum absolute atomic E-state index is 11.6. The average Bonchev–Trinajstić information content (AvgIpc) is 2.96. The number of rotatable bonds is 2. The Morgan fingerprint density at radius 2 is 1.90 bits per heavy atom. The zero-order valence-electron chi connectivity index (χ0n) is 11.8. The molecule has 0 bridgehead atoms. The summed E-state index contributed by atoms with van der Waals surface area (Å²) in [6.45, 7) is 6.43. The van der Waals surface area contributed by atoms with E-state index in [1.165, 1.54) is 0 Å². The molecule has 0 N–H and O–H groups in total. The first-order valence-corrected chi connectivity index (χ1v) is 7.41. The molecule has 102 valence electrons. The highest BCUT2D eigenvalue weighted by Crippen LogP contribution is 2.32. The first kappa shape index (κ1) is 13.1. The molecule has 0 saturated carbocycles. The van der Waals surface area contributed by atoms with Crippen LogP contribution in [0.15, 0.2) is 35.7 Å². The Kier molecular flexibility index (Phi) is 2.98. The largest absolute Gasteiger partial charge is 0.296 e. The van der Waals surface area contributed by atoms with Crippen molar-refractivity contribution < 1.29 is 4.79 Å². The molecule has 0 aliphatic rings.